The van der Waals surface area contributed by atoms with Crippen molar-refractivity contribution in [3.8, 4) is 5.75 Å². The number of hydrogen-bond donors (Lipinski definition) is 1. The molecule has 22 heavy (non-hydrogen) atoms. The molecule has 1 aromatic carbocycles. The summed E-state index contributed by atoms with van der Waals surface area (Å²) >= 11 is 3.30. The molecule has 0 radical (unpaired) electrons. The topological polar surface area (TPSA) is 56.2 Å². The van der Waals surface area contributed by atoms with Crippen molar-refractivity contribution in [1.82, 2.24) is 9.78 Å². The van der Waals surface area contributed by atoms with Crippen molar-refractivity contribution in [3.05, 3.63) is 40.1 Å². The highest BCUT2D eigenvalue weighted by molar-refractivity contribution is 9.10. The number of aromatic nitrogens is 2. The van der Waals surface area contributed by atoms with Crippen LogP contribution in [-0.4, -0.2) is 22.3 Å². The molecule has 1 aromatic heterocycles. The van der Waals surface area contributed by atoms with Gasteiger partial charge in [0.2, 0.25) is 5.91 Å². The lowest BCUT2D eigenvalue weighted by Gasteiger charge is -2.13. The van der Waals surface area contributed by atoms with E-state index >= 15 is 0 Å². The van der Waals surface area contributed by atoms with Crippen LogP contribution in [0.25, 0.3) is 0 Å². The molecule has 0 aliphatic rings. The van der Waals surface area contributed by atoms with Gasteiger partial charge in [0, 0.05) is 0 Å². The van der Waals surface area contributed by atoms with Crippen molar-refractivity contribution >= 4 is 27.5 Å². The first-order chi connectivity index (χ1) is 10.4. The van der Waals surface area contributed by atoms with Gasteiger partial charge < -0.3 is 10.1 Å². The van der Waals surface area contributed by atoms with E-state index in [9.17, 15) is 13.6 Å². The van der Waals surface area contributed by atoms with Gasteiger partial charge in [-0.05, 0) is 47.5 Å². The second-order valence-electron chi connectivity index (χ2n) is 4.66. The Morgan fingerprint density at radius 2 is 2.18 bits per heavy atom. The van der Waals surface area contributed by atoms with Crippen LogP contribution in [0.3, 0.4) is 0 Å². The Bertz CT molecular complexity index is 689. The van der Waals surface area contributed by atoms with E-state index in [1.165, 1.54) is 16.8 Å². The van der Waals surface area contributed by atoms with E-state index in [1.54, 1.807) is 19.2 Å². The molecule has 1 heterocycles. The summed E-state index contributed by atoms with van der Waals surface area (Å²) in [5.41, 5.74) is 1.74. The number of benzene rings is 1. The predicted octanol–water partition coefficient (Wildman–Crippen LogP) is 3.50. The third-order valence-electron chi connectivity index (χ3n) is 2.96. The summed E-state index contributed by atoms with van der Waals surface area (Å²) in [7, 11) is 0. The van der Waals surface area contributed by atoms with Gasteiger partial charge in [-0.1, -0.05) is 6.07 Å². The molecule has 0 saturated heterocycles. The molecule has 0 bridgehead atoms. The number of halogens is 3. The number of carbonyl (C=O) groups excluding carboxylic acids is 1. The molecule has 0 unspecified atom stereocenters. The minimum absolute atomic E-state index is 0.0283. The van der Waals surface area contributed by atoms with Gasteiger partial charge in [-0.2, -0.15) is 13.9 Å². The van der Waals surface area contributed by atoms with E-state index in [2.05, 4.69) is 31.1 Å². The van der Waals surface area contributed by atoms with Crippen LogP contribution in [0.2, 0.25) is 0 Å². The number of carbonyl (C=O) groups is 1. The van der Waals surface area contributed by atoms with Crippen molar-refractivity contribution in [2.24, 2.45) is 0 Å². The molecular formula is C14H14BrF2N3O2. The Morgan fingerprint density at radius 1 is 1.45 bits per heavy atom. The fraction of sp³-hybridized carbons (Fsp3) is 0.286. The van der Waals surface area contributed by atoms with Gasteiger partial charge in [0.05, 0.1) is 22.1 Å². The molecule has 8 heteroatoms. The average molecular weight is 374 g/mol. The summed E-state index contributed by atoms with van der Waals surface area (Å²) in [5.74, 6) is -0.455. The van der Waals surface area contributed by atoms with Crippen LogP contribution in [0.4, 0.5) is 14.5 Å². The Balaban J connectivity index is 2.12. The van der Waals surface area contributed by atoms with E-state index in [0.717, 1.165) is 15.7 Å². The molecule has 2 rings (SSSR count). The maximum Gasteiger partial charge on any atom is 0.387 e. The van der Waals surface area contributed by atoms with Crippen molar-refractivity contribution in [1.29, 1.82) is 0 Å². The lowest BCUT2D eigenvalue weighted by molar-refractivity contribution is -0.117. The first kappa shape index (κ1) is 16.4. The molecule has 5 nitrogen and oxygen atoms in total. The van der Waals surface area contributed by atoms with Crippen LogP contribution in [0.1, 0.15) is 11.3 Å². The van der Waals surface area contributed by atoms with Crippen LogP contribution in [0, 0.1) is 13.8 Å². The Labute approximate surface area is 134 Å². The Hall–Kier alpha value is -1.96. The van der Waals surface area contributed by atoms with Gasteiger partial charge in [-0.15, -0.1) is 0 Å². The van der Waals surface area contributed by atoms with Crippen LogP contribution in [-0.2, 0) is 11.3 Å². The molecule has 0 atom stereocenters. The normalized spacial score (nSPS) is 10.8. The van der Waals surface area contributed by atoms with E-state index in [0.29, 0.717) is 0 Å². The summed E-state index contributed by atoms with van der Waals surface area (Å²) < 4.78 is 31.6. The monoisotopic (exact) mass is 373 g/mol. The number of hydrogen-bond acceptors (Lipinski definition) is 3. The molecule has 1 N–H and O–H groups in total. The number of anilines is 1. The van der Waals surface area contributed by atoms with Gasteiger partial charge in [-0.25, -0.2) is 0 Å². The highest BCUT2D eigenvalue weighted by Gasteiger charge is 2.14. The van der Waals surface area contributed by atoms with Crippen molar-refractivity contribution in [3.63, 3.8) is 0 Å². The molecule has 0 fully saturated rings. The van der Waals surface area contributed by atoms with Gasteiger partial charge in [0.1, 0.15) is 12.3 Å². The number of rotatable bonds is 5. The van der Waals surface area contributed by atoms with Crippen LogP contribution >= 0.6 is 15.9 Å². The number of amides is 1. The minimum atomic E-state index is -2.96. The Kier molecular flexibility index (Phi) is 5.12. The molecule has 118 valence electrons. The van der Waals surface area contributed by atoms with Crippen molar-refractivity contribution in [2.75, 3.05) is 5.32 Å². The van der Waals surface area contributed by atoms with Crippen LogP contribution in [0.15, 0.2) is 28.9 Å². The van der Waals surface area contributed by atoms with Crippen LogP contribution < -0.4 is 10.1 Å². The smallest absolute Gasteiger partial charge is 0.387 e. The first-order valence-electron chi connectivity index (χ1n) is 6.40. The van der Waals surface area contributed by atoms with E-state index in [1.807, 2.05) is 6.92 Å². The molecule has 0 aliphatic heterocycles. The van der Waals surface area contributed by atoms with Crippen LogP contribution in [0.5, 0.6) is 5.75 Å². The molecule has 0 spiro atoms. The molecular weight excluding hydrogens is 360 g/mol. The van der Waals surface area contributed by atoms with Gasteiger partial charge >= 0.3 is 6.61 Å². The second-order valence-corrected chi connectivity index (χ2v) is 5.52. The second kappa shape index (κ2) is 6.87. The van der Waals surface area contributed by atoms with E-state index < -0.39 is 6.61 Å². The Morgan fingerprint density at radius 3 is 2.77 bits per heavy atom. The lowest BCUT2D eigenvalue weighted by Crippen LogP contribution is -2.21. The zero-order valence-corrected chi connectivity index (χ0v) is 13.5. The molecule has 1 amide bonds. The maximum atomic E-state index is 12.4. The third kappa shape index (κ3) is 4.03. The lowest BCUT2D eigenvalue weighted by atomic mass is 10.2. The predicted molar refractivity (Wildman–Crippen MR) is 81.1 cm³/mol. The fourth-order valence-corrected chi connectivity index (χ4v) is 2.13. The zero-order chi connectivity index (χ0) is 16.3. The van der Waals surface area contributed by atoms with Gasteiger partial charge in [0.15, 0.2) is 0 Å². The number of ether oxygens (including phenoxy) is 1. The minimum Gasteiger partial charge on any atom is -0.433 e. The SMILES string of the molecule is Cc1ccc(NC(=O)Cn2ncc(Br)c2C)c(OC(F)F)c1. The van der Waals surface area contributed by atoms with E-state index in [-0.39, 0.29) is 23.9 Å². The summed E-state index contributed by atoms with van der Waals surface area (Å²) in [6.45, 7) is 0.567. The van der Waals surface area contributed by atoms with E-state index in [4.69, 9.17) is 0 Å². The average Bonchev–Trinajstić information content (AvgIpc) is 2.73. The van der Waals surface area contributed by atoms with Crippen molar-refractivity contribution < 1.29 is 18.3 Å². The molecule has 0 aliphatic carbocycles. The zero-order valence-electron chi connectivity index (χ0n) is 11.9. The quantitative estimate of drug-likeness (QED) is 0.872. The summed E-state index contributed by atoms with van der Waals surface area (Å²) in [5, 5.41) is 6.59. The molecule has 0 saturated carbocycles. The third-order valence-corrected chi connectivity index (χ3v) is 3.74. The van der Waals surface area contributed by atoms with Gasteiger partial charge in [0.25, 0.3) is 0 Å². The maximum absolute atomic E-state index is 12.4. The molecule has 2 aromatic rings. The number of nitrogens with one attached hydrogen (secondary N) is 1. The fourth-order valence-electron chi connectivity index (χ4n) is 1.84. The van der Waals surface area contributed by atoms with Gasteiger partial charge in [-0.3, -0.25) is 9.48 Å². The highest BCUT2D eigenvalue weighted by Crippen LogP contribution is 2.27. The highest BCUT2D eigenvalue weighted by atomic mass is 79.9. The van der Waals surface area contributed by atoms with Crippen molar-refractivity contribution in [2.45, 2.75) is 27.0 Å². The summed E-state index contributed by atoms with van der Waals surface area (Å²) in [6.07, 6.45) is 1.58. The number of alkyl halides is 2. The largest absolute Gasteiger partial charge is 0.433 e. The number of nitrogens with zero attached hydrogens (tertiary/aromatic N) is 2. The standard InChI is InChI=1S/C14H14BrF2N3O2/c1-8-3-4-11(12(5-8)22-14(16)17)19-13(21)7-20-9(2)10(15)6-18-20/h3-6,14H,7H2,1-2H3,(H,19,21). The summed E-state index contributed by atoms with van der Waals surface area (Å²) in [6, 6.07) is 4.66. The number of aryl methyl sites for hydroxylation is 1. The first-order valence-corrected chi connectivity index (χ1v) is 7.19. The summed E-state index contributed by atoms with van der Waals surface area (Å²) in [4.78, 5) is 12.0.